The molecule has 1 amide bonds. The van der Waals surface area contributed by atoms with Gasteiger partial charge in [0.25, 0.3) is 5.91 Å². The van der Waals surface area contributed by atoms with Gasteiger partial charge in [-0.15, -0.1) is 0 Å². The van der Waals surface area contributed by atoms with Crippen LogP contribution in [0, 0.1) is 6.92 Å². The first-order valence-corrected chi connectivity index (χ1v) is 7.84. The van der Waals surface area contributed by atoms with Gasteiger partial charge in [-0.05, 0) is 44.2 Å². The number of aryl methyl sites for hydroxylation is 2. The number of carbonyl (C=O) groups excluding carboxylic acids is 1. The van der Waals surface area contributed by atoms with Gasteiger partial charge in [0, 0.05) is 17.9 Å². The first-order chi connectivity index (χ1) is 9.81. The van der Waals surface area contributed by atoms with E-state index in [0.717, 1.165) is 5.69 Å². The van der Waals surface area contributed by atoms with Crippen LogP contribution in [-0.4, -0.2) is 24.1 Å². The second-order valence-corrected chi connectivity index (χ2v) is 6.07. The Morgan fingerprint density at radius 1 is 1.33 bits per heavy atom. The van der Waals surface area contributed by atoms with E-state index in [9.17, 15) is 13.2 Å². The van der Waals surface area contributed by atoms with Crippen LogP contribution in [0.3, 0.4) is 0 Å². The van der Waals surface area contributed by atoms with Crippen molar-refractivity contribution in [1.82, 2.24) is 9.78 Å². The van der Waals surface area contributed by atoms with Crippen LogP contribution in [0.4, 0.5) is 5.69 Å². The van der Waals surface area contributed by atoms with Crippen molar-refractivity contribution in [2.45, 2.75) is 25.3 Å². The number of aromatic nitrogens is 2. The second-order valence-electron chi connectivity index (χ2n) is 4.51. The number of hydrogen-bond donors (Lipinski definition) is 2. The molecule has 0 unspecified atom stereocenters. The van der Waals surface area contributed by atoms with Crippen LogP contribution in [0.5, 0.6) is 0 Å². The van der Waals surface area contributed by atoms with Crippen molar-refractivity contribution >= 4 is 21.6 Å². The molecule has 0 radical (unpaired) electrons. The lowest BCUT2D eigenvalue weighted by molar-refractivity contribution is 0.102. The van der Waals surface area contributed by atoms with Crippen LogP contribution >= 0.6 is 0 Å². The summed E-state index contributed by atoms with van der Waals surface area (Å²) in [4.78, 5) is 12.0. The van der Waals surface area contributed by atoms with Gasteiger partial charge in [-0.1, -0.05) is 0 Å². The number of hydrogen-bond acceptors (Lipinski definition) is 4. The molecule has 21 heavy (non-hydrogen) atoms. The van der Waals surface area contributed by atoms with Gasteiger partial charge in [0.15, 0.2) is 5.69 Å². The van der Waals surface area contributed by atoms with Gasteiger partial charge in [0.1, 0.15) is 0 Å². The van der Waals surface area contributed by atoms with Crippen molar-refractivity contribution < 1.29 is 13.2 Å². The molecule has 1 heterocycles. The number of nitrogens with one attached hydrogen (secondary N) is 1. The lowest BCUT2D eigenvalue weighted by atomic mass is 10.3. The van der Waals surface area contributed by atoms with Crippen LogP contribution in [0.25, 0.3) is 0 Å². The molecule has 7 nitrogen and oxygen atoms in total. The molecule has 0 aliphatic heterocycles. The molecule has 2 rings (SSSR count). The Hall–Kier alpha value is -2.19. The first-order valence-electron chi connectivity index (χ1n) is 6.30. The molecule has 2 aromatic rings. The first kappa shape index (κ1) is 15.2. The zero-order valence-electron chi connectivity index (χ0n) is 11.7. The van der Waals surface area contributed by atoms with Gasteiger partial charge in [-0.3, -0.25) is 9.48 Å². The molecular formula is C13H16N4O3S. The minimum atomic E-state index is -3.73. The second kappa shape index (κ2) is 5.66. The molecule has 0 saturated heterocycles. The van der Waals surface area contributed by atoms with E-state index in [2.05, 4.69) is 10.4 Å². The van der Waals surface area contributed by atoms with Crippen molar-refractivity contribution in [3.05, 3.63) is 41.7 Å². The van der Waals surface area contributed by atoms with Crippen molar-refractivity contribution in [2.75, 3.05) is 5.32 Å². The molecule has 0 spiro atoms. The summed E-state index contributed by atoms with van der Waals surface area (Å²) < 4.78 is 24.0. The molecule has 0 aliphatic rings. The number of amides is 1. The predicted octanol–water partition coefficient (Wildman–Crippen LogP) is 1.11. The number of primary sulfonamides is 1. The maximum Gasteiger partial charge on any atom is 0.276 e. The summed E-state index contributed by atoms with van der Waals surface area (Å²) in [5.74, 6) is -0.353. The van der Waals surface area contributed by atoms with Crippen molar-refractivity contribution in [2.24, 2.45) is 5.14 Å². The summed E-state index contributed by atoms with van der Waals surface area (Å²) in [5, 5.41) is 11.8. The molecule has 0 atom stereocenters. The van der Waals surface area contributed by atoms with E-state index in [1.807, 2.05) is 13.8 Å². The quantitative estimate of drug-likeness (QED) is 0.882. The number of anilines is 1. The van der Waals surface area contributed by atoms with Crippen LogP contribution in [0.15, 0.2) is 35.2 Å². The largest absolute Gasteiger partial charge is 0.321 e. The van der Waals surface area contributed by atoms with E-state index in [1.54, 1.807) is 10.7 Å². The Kier molecular flexibility index (Phi) is 4.10. The third kappa shape index (κ3) is 3.47. The maximum atomic E-state index is 12.0. The Labute approximate surface area is 122 Å². The van der Waals surface area contributed by atoms with E-state index in [0.29, 0.717) is 17.9 Å². The average molecular weight is 308 g/mol. The van der Waals surface area contributed by atoms with Crippen molar-refractivity contribution in [3.63, 3.8) is 0 Å². The topological polar surface area (TPSA) is 107 Å². The Morgan fingerprint density at radius 2 is 1.95 bits per heavy atom. The number of nitrogens with zero attached hydrogens (tertiary/aromatic N) is 2. The lowest BCUT2D eigenvalue weighted by Gasteiger charge is -2.04. The molecular weight excluding hydrogens is 292 g/mol. The van der Waals surface area contributed by atoms with E-state index < -0.39 is 10.0 Å². The number of nitrogens with two attached hydrogens (primary N) is 1. The highest BCUT2D eigenvalue weighted by Crippen LogP contribution is 2.14. The predicted molar refractivity (Wildman–Crippen MR) is 78.4 cm³/mol. The molecule has 0 fully saturated rings. The zero-order valence-corrected chi connectivity index (χ0v) is 12.5. The normalized spacial score (nSPS) is 11.4. The summed E-state index contributed by atoms with van der Waals surface area (Å²) in [6.07, 6.45) is 0. The smallest absolute Gasteiger partial charge is 0.276 e. The molecule has 112 valence electrons. The minimum Gasteiger partial charge on any atom is -0.321 e. The number of sulfonamides is 1. The standard InChI is InChI=1S/C13H16N4O3S/c1-3-17-9(2)8-12(16-17)13(18)15-10-4-6-11(7-5-10)21(14,19)20/h4-8H,3H2,1-2H3,(H,15,18)(H2,14,19,20). The Bertz CT molecular complexity index is 763. The minimum absolute atomic E-state index is 0.00777. The van der Waals surface area contributed by atoms with Gasteiger partial charge < -0.3 is 5.32 Å². The third-order valence-electron chi connectivity index (χ3n) is 2.95. The van der Waals surface area contributed by atoms with E-state index in [1.165, 1.54) is 24.3 Å². The summed E-state index contributed by atoms with van der Waals surface area (Å²) >= 11 is 0. The summed E-state index contributed by atoms with van der Waals surface area (Å²) in [6, 6.07) is 7.31. The SMILES string of the molecule is CCn1nc(C(=O)Nc2ccc(S(N)(=O)=O)cc2)cc1C. The van der Waals surface area contributed by atoms with Crippen LogP contribution < -0.4 is 10.5 Å². The van der Waals surface area contributed by atoms with E-state index in [-0.39, 0.29) is 10.8 Å². The monoisotopic (exact) mass is 308 g/mol. The fraction of sp³-hybridized carbons (Fsp3) is 0.231. The molecule has 8 heteroatoms. The molecule has 1 aromatic carbocycles. The Balaban J connectivity index is 2.16. The van der Waals surface area contributed by atoms with Gasteiger partial charge in [0.05, 0.1) is 4.90 Å². The lowest BCUT2D eigenvalue weighted by Crippen LogP contribution is -2.14. The van der Waals surface area contributed by atoms with Crippen LogP contribution in [0.2, 0.25) is 0 Å². The number of carbonyl (C=O) groups is 1. The van der Waals surface area contributed by atoms with E-state index >= 15 is 0 Å². The Morgan fingerprint density at radius 3 is 2.43 bits per heavy atom. The average Bonchev–Trinajstić information content (AvgIpc) is 2.79. The molecule has 1 aromatic heterocycles. The van der Waals surface area contributed by atoms with Crippen molar-refractivity contribution in [3.8, 4) is 0 Å². The highest BCUT2D eigenvalue weighted by atomic mass is 32.2. The van der Waals surface area contributed by atoms with Gasteiger partial charge >= 0.3 is 0 Å². The number of rotatable bonds is 4. The summed E-state index contributed by atoms with van der Waals surface area (Å²) in [7, 11) is -3.73. The van der Waals surface area contributed by atoms with Crippen molar-refractivity contribution in [1.29, 1.82) is 0 Å². The fourth-order valence-electron chi connectivity index (χ4n) is 1.86. The molecule has 0 bridgehead atoms. The highest BCUT2D eigenvalue weighted by molar-refractivity contribution is 7.89. The number of benzene rings is 1. The molecule has 0 aliphatic carbocycles. The van der Waals surface area contributed by atoms with Gasteiger partial charge in [-0.2, -0.15) is 5.10 Å². The van der Waals surface area contributed by atoms with Gasteiger partial charge in [0.2, 0.25) is 10.0 Å². The summed E-state index contributed by atoms with van der Waals surface area (Å²) in [5.41, 5.74) is 1.67. The summed E-state index contributed by atoms with van der Waals surface area (Å²) in [6.45, 7) is 4.49. The van der Waals surface area contributed by atoms with Crippen LogP contribution in [-0.2, 0) is 16.6 Å². The molecule has 3 N–H and O–H groups in total. The molecule has 0 saturated carbocycles. The highest BCUT2D eigenvalue weighted by Gasteiger charge is 2.13. The zero-order chi connectivity index (χ0) is 15.6. The maximum absolute atomic E-state index is 12.0. The third-order valence-corrected chi connectivity index (χ3v) is 3.88. The van der Waals surface area contributed by atoms with Gasteiger partial charge in [-0.25, -0.2) is 13.6 Å². The van der Waals surface area contributed by atoms with E-state index in [4.69, 9.17) is 5.14 Å². The fourth-order valence-corrected chi connectivity index (χ4v) is 2.38. The van der Waals surface area contributed by atoms with Crippen LogP contribution in [0.1, 0.15) is 23.1 Å².